The molecule has 1 saturated carbocycles. The molecule has 3 atom stereocenters. The minimum atomic E-state index is 0.252. The van der Waals surface area contributed by atoms with E-state index in [2.05, 4.69) is 5.32 Å². The monoisotopic (exact) mass is 154 g/mol. The summed E-state index contributed by atoms with van der Waals surface area (Å²) in [5.74, 6) is 1.07. The van der Waals surface area contributed by atoms with E-state index >= 15 is 0 Å². The van der Waals surface area contributed by atoms with Gasteiger partial charge in [0.2, 0.25) is 5.91 Å². The lowest BCUT2D eigenvalue weighted by molar-refractivity contribution is -0.123. The Balaban J connectivity index is 2.06. The van der Waals surface area contributed by atoms with Crippen molar-refractivity contribution in [3.63, 3.8) is 0 Å². The summed E-state index contributed by atoms with van der Waals surface area (Å²) in [6.07, 6.45) is 3.05. The maximum atomic E-state index is 11.2. The standard InChI is InChI=1S/C8H14N2O/c9-6-1-2-7-5(3-6)4-10-8(7)11/h5-7H,1-4,9H2,(H,10,11). The van der Waals surface area contributed by atoms with Crippen LogP contribution in [0.15, 0.2) is 0 Å². The first-order chi connectivity index (χ1) is 5.27. The van der Waals surface area contributed by atoms with Crippen molar-refractivity contribution in [2.45, 2.75) is 25.3 Å². The summed E-state index contributed by atoms with van der Waals surface area (Å²) in [6.45, 7) is 0.858. The van der Waals surface area contributed by atoms with Crippen molar-refractivity contribution in [2.75, 3.05) is 6.54 Å². The molecule has 3 N–H and O–H groups in total. The highest BCUT2D eigenvalue weighted by molar-refractivity contribution is 5.81. The normalized spacial score (nSPS) is 43.4. The first-order valence-electron chi connectivity index (χ1n) is 4.30. The Kier molecular flexibility index (Phi) is 1.60. The van der Waals surface area contributed by atoms with Crippen LogP contribution in [0.3, 0.4) is 0 Å². The van der Waals surface area contributed by atoms with Crippen LogP contribution in [-0.2, 0) is 4.79 Å². The van der Waals surface area contributed by atoms with E-state index in [0.29, 0.717) is 12.0 Å². The quantitative estimate of drug-likeness (QED) is 0.510. The molecule has 2 aliphatic rings. The Morgan fingerprint density at radius 2 is 2.27 bits per heavy atom. The summed E-state index contributed by atoms with van der Waals surface area (Å²) in [4.78, 5) is 11.2. The molecule has 62 valence electrons. The van der Waals surface area contributed by atoms with Crippen LogP contribution in [0.25, 0.3) is 0 Å². The van der Waals surface area contributed by atoms with Crippen molar-refractivity contribution >= 4 is 5.91 Å². The van der Waals surface area contributed by atoms with Crippen molar-refractivity contribution in [1.29, 1.82) is 0 Å². The minimum absolute atomic E-state index is 0.252. The molecule has 0 aromatic heterocycles. The number of nitrogens with one attached hydrogen (secondary N) is 1. The Hall–Kier alpha value is -0.570. The molecule has 0 radical (unpaired) electrons. The van der Waals surface area contributed by atoms with Gasteiger partial charge < -0.3 is 11.1 Å². The molecule has 2 fully saturated rings. The fourth-order valence-corrected chi connectivity index (χ4v) is 2.23. The second-order valence-corrected chi connectivity index (χ2v) is 3.68. The van der Waals surface area contributed by atoms with Crippen LogP contribution in [0, 0.1) is 11.8 Å². The van der Waals surface area contributed by atoms with Gasteiger partial charge in [-0.25, -0.2) is 0 Å². The first kappa shape index (κ1) is 7.10. The zero-order valence-corrected chi connectivity index (χ0v) is 6.55. The molecule has 3 heteroatoms. The van der Waals surface area contributed by atoms with Crippen molar-refractivity contribution in [3.8, 4) is 0 Å². The molecule has 0 spiro atoms. The van der Waals surface area contributed by atoms with Crippen LogP contribution in [0.2, 0.25) is 0 Å². The van der Waals surface area contributed by atoms with Crippen molar-refractivity contribution in [3.05, 3.63) is 0 Å². The Labute approximate surface area is 66.3 Å². The van der Waals surface area contributed by atoms with Gasteiger partial charge in [0.1, 0.15) is 0 Å². The Morgan fingerprint density at radius 3 is 3.09 bits per heavy atom. The van der Waals surface area contributed by atoms with Gasteiger partial charge in [0.05, 0.1) is 0 Å². The molecule has 1 aliphatic carbocycles. The summed E-state index contributed by atoms with van der Waals surface area (Å²) >= 11 is 0. The number of nitrogens with two attached hydrogens (primary N) is 1. The molecular weight excluding hydrogens is 140 g/mol. The van der Waals surface area contributed by atoms with Crippen molar-refractivity contribution in [2.24, 2.45) is 17.6 Å². The summed E-state index contributed by atoms with van der Waals surface area (Å²) in [5, 5.41) is 2.89. The number of carbonyl (C=O) groups excluding carboxylic acids is 1. The molecule has 1 saturated heterocycles. The van der Waals surface area contributed by atoms with Crippen LogP contribution < -0.4 is 11.1 Å². The van der Waals surface area contributed by atoms with E-state index in [1.54, 1.807) is 0 Å². The highest BCUT2D eigenvalue weighted by Crippen LogP contribution is 2.32. The van der Waals surface area contributed by atoms with Crippen molar-refractivity contribution < 1.29 is 4.79 Å². The lowest BCUT2D eigenvalue weighted by Crippen LogP contribution is -2.33. The van der Waals surface area contributed by atoms with Gasteiger partial charge in [0, 0.05) is 18.5 Å². The van der Waals surface area contributed by atoms with Gasteiger partial charge >= 0.3 is 0 Å². The van der Waals surface area contributed by atoms with E-state index in [1.165, 1.54) is 0 Å². The predicted octanol–water partition coefficient (Wildman–Crippen LogP) is -0.140. The average Bonchev–Trinajstić information content (AvgIpc) is 2.32. The molecule has 2 rings (SSSR count). The number of hydrogen-bond acceptors (Lipinski definition) is 2. The second kappa shape index (κ2) is 2.48. The first-order valence-corrected chi connectivity index (χ1v) is 4.30. The fraction of sp³-hybridized carbons (Fsp3) is 0.875. The number of carbonyl (C=O) groups is 1. The van der Waals surface area contributed by atoms with Gasteiger partial charge in [0.15, 0.2) is 0 Å². The van der Waals surface area contributed by atoms with E-state index in [4.69, 9.17) is 5.73 Å². The van der Waals surface area contributed by atoms with E-state index in [0.717, 1.165) is 25.8 Å². The van der Waals surface area contributed by atoms with Crippen LogP contribution in [-0.4, -0.2) is 18.5 Å². The molecule has 1 aliphatic heterocycles. The van der Waals surface area contributed by atoms with Crippen LogP contribution in [0.4, 0.5) is 0 Å². The number of amides is 1. The van der Waals surface area contributed by atoms with Crippen LogP contribution >= 0.6 is 0 Å². The minimum Gasteiger partial charge on any atom is -0.356 e. The SMILES string of the molecule is NC1CCC2C(=O)NCC2C1. The topological polar surface area (TPSA) is 55.1 Å². The lowest BCUT2D eigenvalue weighted by atomic mass is 9.79. The third kappa shape index (κ3) is 1.13. The van der Waals surface area contributed by atoms with E-state index in [-0.39, 0.29) is 11.8 Å². The molecular formula is C8H14N2O. The molecule has 0 aromatic carbocycles. The van der Waals surface area contributed by atoms with Gasteiger partial charge in [-0.1, -0.05) is 0 Å². The van der Waals surface area contributed by atoms with E-state index in [1.807, 2.05) is 0 Å². The molecule has 3 nitrogen and oxygen atoms in total. The van der Waals surface area contributed by atoms with Gasteiger partial charge in [0.25, 0.3) is 0 Å². The Morgan fingerprint density at radius 1 is 1.45 bits per heavy atom. The average molecular weight is 154 g/mol. The van der Waals surface area contributed by atoms with E-state index in [9.17, 15) is 4.79 Å². The largest absolute Gasteiger partial charge is 0.356 e. The molecule has 1 amide bonds. The zero-order valence-electron chi connectivity index (χ0n) is 6.55. The van der Waals surface area contributed by atoms with Crippen molar-refractivity contribution in [1.82, 2.24) is 5.32 Å². The third-order valence-corrected chi connectivity index (χ3v) is 2.90. The highest BCUT2D eigenvalue weighted by atomic mass is 16.2. The third-order valence-electron chi connectivity index (χ3n) is 2.90. The molecule has 11 heavy (non-hydrogen) atoms. The van der Waals surface area contributed by atoms with Gasteiger partial charge in [-0.05, 0) is 25.2 Å². The van der Waals surface area contributed by atoms with Crippen LogP contribution in [0.1, 0.15) is 19.3 Å². The zero-order chi connectivity index (χ0) is 7.84. The number of hydrogen-bond donors (Lipinski definition) is 2. The second-order valence-electron chi connectivity index (χ2n) is 3.68. The maximum absolute atomic E-state index is 11.2. The molecule has 3 unspecified atom stereocenters. The van der Waals surface area contributed by atoms with Crippen LogP contribution in [0.5, 0.6) is 0 Å². The summed E-state index contributed by atoms with van der Waals surface area (Å²) in [5.41, 5.74) is 5.80. The fourth-order valence-electron chi connectivity index (χ4n) is 2.23. The summed E-state index contributed by atoms with van der Waals surface area (Å²) in [6, 6.07) is 0.337. The lowest BCUT2D eigenvalue weighted by Gasteiger charge is -2.26. The summed E-state index contributed by atoms with van der Waals surface area (Å²) < 4.78 is 0. The number of fused-ring (bicyclic) bond motifs is 1. The van der Waals surface area contributed by atoms with Gasteiger partial charge in [-0.2, -0.15) is 0 Å². The predicted molar refractivity (Wildman–Crippen MR) is 41.8 cm³/mol. The number of rotatable bonds is 0. The van der Waals surface area contributed by atoms with E-state index < -0.39 is 0 Å². The summed E-state index contributed by atoms with van der Waals surface area (Å²) in [7, 11) is 0. The molecule has 0 bridgehead atoms. The molecule has 1 heterocycles. The maximum Gasteiger partial charge on any atom is 0.223 e. The molecule has 0 aromatic rings. The highest BCUT2D eigenvalue weighted by Gasteiger charge is 2.38. The van der Waals surface area contributed by atoms with Gasteiger partial charge in [-0.15, -0.1) is 0 Å². The Bertz CT molecular complexity index is 181. The smallest absolute Gasteiger partial charge is 0.223 e. The van der Waals surface area contributed by atoms with Gasteiger partial charge in [-0.3, -0.25) is 4.79 Å².